The predicted octanol–water partition coefficient (Wildman–Crippen LogP) is 2.54. The van der Waals surface area contributed by atoms with Crippen molar-refractivity contribution in [3.05, 3.63) is 65.7 Å². The minimum Gasteiger partial charge on any atom is -0.482 e. The van der Waals surface area contributed by atoms with E-state index in [9.17, 15) is 9.59 Å². The average Bonchev–Trinajstić information content (AvgIpc) is 2.61. The van der Waals surface area contributed by atoms with E-state index in [-0.39, 0.29) is 25.2 Å². The first-order valence-corrected chi connectivity index (χ1v) is 7.90. The van der Waals surface area contributed by atoms with Gasteiger partial charge in [0.2, 0.25) is 5.91 Å². The fraction of sp³-hybridized carbons (Fsp3) is 0.263. The van der Waals surface area contributed by atoms with Crippen LogP contribution in [0.5, 0.6) is 5.75 Å². The van der Waals surface area contributed by atoms with Gasteiger partial charge in [0.1, 0.15) is 12.4 Å². The molecule has 0 spiro atoms. The topological polar surface area (TPSA) is 84.9 Å². The summed E-state index contributed by atoms with van der Waals surface area (Å²) in [6, 6.07) is 16.4. The zero-order valence-corrected chi connectivity index (χ0v) is 14.0. The van der Waals surface area contributed by atoms with Crippen LogP contribution in [0.3, 0.4) is 0 Å². The van der Waals surface area contributed by atoms with Crippen molar-refractivity contribution in [2.45, 2.75) is 19.6 Å². The summed E-state index contributed by atoms with van der Waals surface area (Å²) in [5.41, 5.74) is 1.90. The van der Waals surface area contributed by atoms with Crippen LogP contribution in [-0.4, -0.2) is 30.2 Å². The maximum Gasteiger partial charge on any atom is 0.341 e. The average molecular weight is 343 g/mol. The van der Waals surface area contributed by atoms with E-state index in [0.717, 1.165) is 11.1 Å². The quantitative estimate of drug-likeness (QED) is 0.731. The van der Waals surface area contributed by atoms with Gasteiger partial charge < -0.3 is 19.9 Å². The van der Waals surface area contributed by atoms with Gasteiger partial charge in [0.25, 0.3) is 0 Å². The molecule has 0 radical (unpaired) electrons. The Morgan fingerprint density at radius 3 is 2.36 bits per heavy atom. The number of amides is 1. The molecule has 1 atom stereocenters. The molecule has 25 heavy (non-hydrogen) atoms. The molecular weight excluding hydrogens is 322 g/mol. The van der Waals surface area contributed by atoms with Crippen LogP contribution < -0.4 is 10.1 Å². The number of carbonyl (C=O) groups excluding carboxylic acids is 1. The Bertz CT molecular complexity index is 685. The van der Waals surface area contributed by atoms with E-state index >= 15 is 0 Å². The summed E-state index contributed by atoms with van der Waals surface area (Å²) in [5, 5.41) is 11.4. The van der Waals surface area contributed by atoms with Crippen molar-refractivity contribution in [1.82, 2.24) is 5.32 Å². The number of carboxylic acids is 1. The number of benzene rings is 2. The molecule has 1 unspecified atom stereocenters. The fourth-order valence-corrected chi connectivity index (χ4v) is 2.20. The number of aliphatic carboxylic acids is 1. The summed E-state index contributed by atoms with van der Waals surface area (Å²) < 4.78 is 10.5. The molecule has 6 heteroatoms. The van der Waals surface area contributed by atoms with Crippen molar-refractivity contribution >= 4 is 11.9 Å². The summed E-state index contributed by atoms with van der Waals surface area (Å²) in [5.74, 6) is -0.759. The number of rotatable bonds is 9. The molecule has 2 aromatic rings. The third-order valence-electron chi connectivity index (χ3n) is 3.46. The van der Waals surface area contributed by atoms with Crippen LogP contribution in [0.25, 0.3) is 0 Å². The molecule has 2 rings (SSSR count). The van der Waals surface area contributed by atoms with Crippen LogP contribution in [0.1, 0.15) is 24.1 Å². The number of ether oxygens (including phenoxy) is 2. The largest absolute Gasteiger partial charge is 0.482 e. The van der Waals surface area contributed by atoms with Gasteiger partial charge in [0.05, 0.1) is 12.6 Å². The standard InChI is InChI=1S/C19H21NO5/c1-14(16-7-9-17(10-8-16)25-13-19(22)23)20-18(21)12-24-11-15-5-3-2-4-6-15/h2-10,14H,11-13H2,1H3,(H,20,21)(H,22,23). The van der Waals surface area contributed by atoms with E-state index in [0.29, 0.717) is 12.4 Å². The van der Waals surface area contributed by atoms with Crippen molar-refractivity contribution in [3.63, 3.8) is 0 Å². The highest BCUT2D eigenvalue weighted by Crippen LogP contribution is 2.17. The smallest absolute Gasteiger partial charge is 0.341 e. The number of nitrogens with one attached hydrogen (secondary N) is 1. The van der Waals surface area contributed by atoms with Crippen LogP contribution >= 0.6 is 0 Å². The third kappa shape index (κ3) is 6.64. The van der Waals surface area contributed by atoms with E-state index in [1.165, 1.54) is 0 Å². The lowest BCUT2D eigenvalue weighted by Crippen LogP contribution is -2.30. The molecule has 0 heterocycles. The highest BCUT2D eigenvalue weighted by atomic mass is 16.5. The molecule has 0 saturated heterocycles. The minimum atomic E-state index is -1.03. The number of hydrogen-bond donors (Lipinski definition) is 2. The van der Waals surface area contributed by atoms with E-state index in [2.05, 4.69) is 5.32 Å². The second-order valence-corrected chi connectivity index (χ2v) is 5.52. The zero-order valence-electron chi connectivity index (χ0n) is 14.0. The maximum atomic E-state index is 11.9. The number of hydrogen-bond acceptors (Lipinski definition) is 4. The van der Waals surface area contributed by atoms with Gasteiger partial charge in [-0.25, -0.2) is 4.79 Å². The summed E-state index contributed by atoms with van der Waals surface area (Å²) in [4.78, 5) is 22.4. The van der Waals surface area contributed by atoms with Crippen LogP contribution in [0, 0.1) is 0 Å². The minimum absolute atomic E-state index is 0.0148. The fourth-order valence-electron chi connectivity index (χ4n) is 2.20. The van der Waals surface area contributed by atoms with Crippen molar-refractivity contribution in [2.24, 2.45) is 0 Å². The summed E-state index contributed by atoms with van der Waals surface area (Å²) in [6.07, 6.45) is 0. The van der Waals surface area contributed by atoms with Crippen molar-refractivity contribution < 1.29 is 24.2 Å². The Labute approximate surface area is 146 Å². The Morgan fingerprint density at radius 2 is 1.72 bits per heavy atom. The zero-order chi connectivity index (χ0) is 18.1. The Kier molecular flexibility index (Phi) is 6.98. The molecule has 2 aromatic carbocycles. The second kappa shape index (κ2) is 9.44. The first-order chi connectivity index (χ1) is 12.0. The molecule has 0 aliphatic rings. The van der Waals surface area contributed by atoms with Crippen LogP contribution in [0.2, 0.25) is 0 Å². The van der Waals surface area contributed by atoms with E-state index < -0.39 is 5.97 Å². The van der Waals surface area contributed by atoms with Gasteiger partial charge in [-0.1, -0.05) is 42.5 Å². The summed E-state index contributed by atoms with van der Waals surface area (Å²) >= 11 is 0. The molecule has 2 N–H and O–H groups in total. The molecule has 6 nitrogen and oxygen atoms in total. The molecule has 0 aliphatic heterocycles. The molecule has 0 saturated carbocycles. The lowest BCUT2D eigenvalue weighted by atomic mass is 10.1. The van der Waals surface area contributed by atoms with Gasteiger partial charge in [-0.15, -0.1) is 0 Å². The first kappa shape index (κ1) is 18.5. The van der Waals surface area contributed by atoms with Crippen molar-refractivity contribution in [1.29, 1.82) is 0 Å². The molecular formula is C19H21NO5. The monoisotopic (exact) mass is 343 g/mol. The first-order valence-electron chi connectivity index (χ1n) is 7.90. The maximum absolute atomic E-state index is 11.9. The van der Waals surface area contributed by atoms with E-state index in [1.807, 2.05) is 37.3 Å². The van der Waals surface area contributed by atoms with Crippen molar-refractivity contribution in [3.8, 4) is 5.75 Å². The predicted molar refractivity (Wildman–Crippen MR) is 92.2 cm³/mol. The molecule has 0 aliphatic carbocycles. The number of carboxylic acid groups (broad SMARTS) is 1. The molecule has 132 valence electrons. The number of carbonyl (C=O) groups is 2. The summed E-state index contributed by atoms with van der Waals surface area (Å²) in [7, 11) is 0. The highest BCUT2D eigenvalue weighted by Gasteiger charge is 2.10. The molecule has 0 fully saturated rings. The Balaban J connectivity index is 1.75. The Morgan fingerprint density at radius 1 is 1.04 bits per heavy atom. The van der Waals surface area contributed by atoms with Gasteiger partial charge in [-0.2, -0.15) is 0 Å². The van der Waals surface area contributed by atoms with E-state index in [4.69, 9.17) is 14.6 Å². The van der Waals surface area contributed by atoms with Crippen LogP contribution in [0.4, 0.5) is 0 Å². The second-order valence-electron chi connectivity index (χ2n) is 5.52. The normalized spacial score (nSPS) is 11.6. The highest BCUT2D eigenvalue weighted by molar-refractivity contribution is 5.77. The van der Waals surface area contributed by atoms with Gasteiger partial charge >= 0.3 is 5.97 Å². The third-order valence-corrected chi connectivity index (χ3v) is 3.46. The lowest BCUT2D eigenvalue weighted by Gasteiger charge is -2.15. The van der Waals surface area contributed by atoms with Gasteiger partial charge in [-0.3, -0.25) is 4.79 Å². The van der Waals surface area contributed by atoms with Crippen LogP contribution in [-0.2, 0) is 20.9 Å². The van der Waals surface area contributed by atoms with E-state index in [1.54, 1.807) is 24.3 Å². The summed E-state index contributed by atoms with van der Waals surface area (Å²) in [6.45, 7) is 1.85. The van der Waals surface area contributed by atoms with Crippen molar-refractivity contribution in [2.75, 3.05) is 13.2 Å². The molecule has 0 bridgehead atoms. The molecule has 1 amide bonds. The lowest BCUT2D eigenvalue weighted by molar-refractivity contribution is -0.139. The SMILES string of the molecule is CC(NC(=O)COCc1ccccc1)c1ccc(OCC(=O)O)cc1. The van der Waals surface area contributed by atoms with Crippen LogP contribution in [0.15, 0.2) is 54.6 Å². The Hall–Kier alpha value is -2.86. The van der Waals surface area contributed by atoms with Gasteiger partial charge in [-0.05, 0) is 30.2 Å². The van der Waals surface area contributed by atoms with Gasteiger partial charge in [0, 0.05) is 0 Å². The van der Waals surface area contributed by atoms with Gasteiger partial charge in [0.15, 0.2) is 6.61 Å². The molecule has 0 aromatic heterocycles.